The second-order valence-electron chi connectivity index (χ2n) is 4.67. The number of hydrogen-bond acceptors (Lipinski definition) is 2. The van der Waals surface area contributed by atoms with Crippen molar-refractivity contribution in [2.45, 2.75) is 13.3 Å². The van der Waals surface area contributed by atoms with Crippen LogP contribution in [-0.2, 0) is 0 Å². The zero-order valence-electron chi connectivity index (χ0n) is 11.6. The van der Waals surface area contributed by atoms with Crippen molar-refractivity contribution in [2.24, 2.45) is 0 Å². The van der Waals surface area contributed by atoms with Crippen molar-refractivity contribution in [3.05, 3.63) is 34.1 Å². The summed E-state index contributed by atoms with van der Waals surface area (Å²) in [6, 6.07) is 4.44. The lowest BCUT2D eigenvalue weighted by Crippen LogP contribution is -2.33. The molecule has 0 aliphatic carbocycles. The number of hydrogen-bond donors (Lipinski definition) is 0. The van der Waals surface area contributed by atoms with Gasteiger partial charge in [-0.3, -0.25) is 4.79 Å². The molecule has 0 saturated carbocycles. The summed E-state index contributed by atoms with van der Waals surface area (Å²) in [5.74, 6) is -0.723. The Morgan fingerprint density at radius 1 is 1.32 bits per heavy atom. The molecule has 1 rings (SSSR count). The minimum atomic E-state index is -0.473. The zero-order chi connectivity index (χ0) is 14.4. The lowest BCUT2D eigenvalue weighted by Gasteiger charge is -2.22. The van der Waals surface area contributed by atoms with Crippen molar-refractivity contribution in [1.29, 1.82) is 0 Å². The molecule has 106 valence electrons. The lowest BCUT2D eigenvalue weighted by molar-refractivity contribution is 0.0754. The fourth-order valence-electron chi connectivity index (χ4n) is 1.81. The van der Waals surface area contributed by atoms with Crippen LogP contribution in [0.15, 0.2) is 22.7 Å². The van der Waals surface area contributed by atoms with Gasteiger partial charge in [0.1, 0.15) is 5.82 Å². The SMILES string of the molecule is CCN(CCCN(C)C)C(=O)c1cc(Br)ccc1F. The van der Waals surface area contributed by atoms with E-state index in [-0.39, 0.29) is 11.5 Å². The van der Waals surface area contributed by atoms with E-state index in [1.807, 2.05) is 21.0 Å². The Hall–Kier alpha value is -0.940. The Morgan fingerprint density at radius 2 is 2.00 bits per heavy atom. The van der Waals surface area contributed by atoms with E-state index < -0.39 is 5.82 Å². The van der Waals surface area contributed by atoms with Crippen molar-refractivity contribution >= 4 is 21.8 Å². The number of amides is 1. The standard InChI is InChI=1S/C14H20BrFN2O/c1-4-18(9-5-8-17(2)3)14(19)12-10-11(15)6-7-13(12)16/h6-7,10H,4-5,8-9H2,1-3H3. The van der Waals surface area contributed by atoms with Gasteiger partial charge in [0.25, 0.3) is 5.91 Å². The van der Waals surface area contributed by atoms with Crippen molar-refractivity contribution in [2.75, 3.05) is 33.7 Å². The van der Waals surface area contributed by atoms with Gasteiger partial charge < -0.3 is 9.80 Å². The first kappa shape index (κ1) is 16.1. The largest absolute Gasteiger partial charge is 0.339 e. The highest BCUT2D eigenvalue weighted by molar-refractivity contribution is 9.10. The average molecular weight is 331 g/mol. The highest BCUT2D eigenvalue weighted by Crippen LogP contribution is 2.17. The fourth-order valence-corrected chi connectivity index (χ4v) is 2.17. The van der Waals surface area contributed by atoms with Crippen LogP contribution in [0.25, 0.3) is 0 Å². The molecule has 0 N–H and O–H groups in total. The molecule has 0 aliphatic heterocycles. The van der Waals surface area contributed by atoms with Gasteiger partial charge in [-0.15, -0.1) is 0 Å². The summed E-state index contributed by atoms with van der Waals surface area (Å²) < 4.78 is 14.4. The van der Waals surface area contributed by atoms with Gasteiger partial charge in [0, 0.05) is 17.6 Å². The van der Waals surface area contributed by atoms with Gasteiger partial charge >= 0.3 is 0 Å². The molecule has 1 aromatic rings. The van der Waals surface area contributed by atoms with E-state index in [0.717, 1.165) is 13.0 Å². The molecule has 3 nitrogen and oxygen atoms in total. The third-order valence-electron chi connectivity index (χ3n) is 2.86. The van der Waals surface area contributed by atoms with Crippen LogP contribution in [0.3, 0.4) is 0 Å². The quantitative estimate of drug-likeness (QED) is 0.800. The van der Waals surface area contributed by atoms with Crippen LogP contribution in [0.2, 0.25) is 0 Å². The summed E-state index contributed by atoms with van der Waals surface area (Å²) in [6.45, 7) is 4.03. The summed E-state index contributed by atoms with van der Waals surface area (Å²) in [5.41, 5.74) is 0.126. The van der Waals surface area contributed by atoms with Crippen molar-refractivity contribution in [3.63, 3.8) is 0 Å². The molecule has 1 aromatic carbocycles. The van der Waals surface area contributed by atoms with Crippen LogP contribution in [0.4, 0.5) is 4.39 Å². The molecule has 0 saturated heterocycles. The first-order valence-electron chi connectivity index (χ1n) is 6.34. The summed E-state index contributed by atoms with van der Waals surface area (Å²) in [5, 5.41) is 0. The summed E-state index contributed by atoms with van der Waals surface area (Å²) in [7, 11) is 3.98. The molecule has 0 aromatic heterocycles. The molecule has 19 heavy (non-hydrogen) atoms. The Bertz CT molecular complexity index is 437. The molecular weight excluding hydrogens is 311 g/mol. The van der Waals surface area contributed by atoms with E-state index in [1.165, 1.54) is 12.1 Å². The van der Waals surface area contributed by atoms with E-state index in [0.29, 0.717) is 17.6 Å². The normalized spacial score (nSPS) is 10.8. The van der Waals surface area contributed by atoms with E-state index in [2.05, 4.69) is 20.8 Å². The predicted octanol–water partition coefficient (Wildman–Crippen LogP) is 3.00. The first-order chi connectivity index (χ1) is 8.95. The molecular formula is C14H20BrFN2O. The topological polar surface area (TPSA) is 23.6 Å². The van der Waals surface area contributed by atoms with Gasteiger partial charge in [-0.2, -0.15) is 0 Å². The van der Waals surface area contributed by atoms with Crippen molar-refractivity contribution in [1.82, 2.24) is 9.80 Å². The van der Waals surface area contributed by atoms with E-state index in [4.69, 9.17) is 0 Å². The average Bonchev–Trinajstić information content (AvgIpc) is 2.36. The molecule has 0 atom stereocenters. The monoisotopic (exact) mass is 330 g/mol. The number of halogens is 2. The molecule has 0 radical (unpaired) electrons. The molecule has 0 unspecified atom stereocenters. The predicted molar refractivity (Wildman–Crippen MR) is 78.8 cm³/mol. The highest BCUT2D eigenvalue weighted by atomic mass is 79.9. The molecule has 5 heteroatoms. The summed E-state index contributed by atoms with van der Waals surface area (Å²) >= 11 is 3.26. The highest BCUT2D eigenvalue weighted by Gasteiger charge is 2.18. The van der Waals surface area contributed by atoms with Gasteiger partial charge in [-0.1, -0.05) is 15.9 Å². The molecule has 1 amide bonds. The minimum absolute atomic E-state index is 0.126. The smallest absolute Gasteiger partial charge is 0.256 e. The van der Waals surface area contributed by atoms with Gasteiger partial charge in [0.15, 0.2) is 0 Å². The van der Waals surface area contributed by atoms with Crippen LogP contribution in [-0.4, -0.2) is 49.4 Å². The second-order valence-corrected chi connectivity index (χ2v) is 5.58. The number of rotatable bonds is 6. The maximum atomic E-state index is 13.7. The van der Waals surface area contributed by atoms with Crippen LogP contribution in [0.5, 0.6) is 0 Å². The maximum absolute atomic E-state index is 13.7. The number of carbonyl (C=O) groups excluding carboxylic acids is 1. The van der Waals surface area contributed by atoms with Crippen LogP contribution >= 0.6 is 15.9 Å². The van der Waals surface area contributed by atoms with E-state index in [9.17, 15) is 9.18 Å². The van der Waals surface area contributed by atoms with Crippen LogP contribution < -0.4 is 0 Å². The molecule has 0 aliphatic rings. The number of benzene rings is 1. The second kappa shape index (κ2) is 7.60. The molecule has 0 spiro atoms. The van der Waals surface area contributed by atoms with Gasteiger partial charge in [0.05, 0.1) is 5.56 Å². The first-order valence-corrected chi connectivity index (χ1v) is 7.14. The zero-order valence-corrected chi connectivity index (χ0v) is 13.2. The fraction of sp³-hybridized carbons (Fsp3) is 0.500. The lowest BCUT2D eigenvalue weighted by atomic mass is 10.2. The third kappa shape index (κ3) is 4.91. The van der Waals surface area contributed by atoms with Crippen LogP contribution in [0, 0.1) is 5.82 Å². The van der Waals surface area contributed by atoms with Gasteiger partial charge in [-0.05, 0) is 52.2 Å². The van der Waals surface area contributed by atoms with E-state index >= 15 is 0 Å². The van der Waals surface area contributed by atoms with E-state index in [1.54, 1.807) is 11.0 Å². The molecule has 0 bridgehead atoms. The minimum Gasteiger partial charge on any atom is -0.339 e. The van der Waals surface area contributed by atoms with Gasteiger partial charge in [0.2, 0.25) is 0 Å². The van der Waals surface area contributed by atoms with Crippen molar-refractivity contribution in [3.8, 4) is 0 Å². The van der Waals surface area contributed by atoms with Crippen LogP contribution in [0.1, 0.15) is 23.7 Å². The Morgan fingerprint density at radius 3 is 2.58 bits per heavy atom. The Labute approximate surface area is 122 Å². The Balaban J connectivity index is 2.75. The number of nitrogens with zero attached hydrogens (tertiary/aromatic N) is 2. The summed E-state index contributed by atoms with van der Waals surface area (Å²) in [6.07, 6.45) is 0.877. The maximum Gasteiger partial charge on any atom is 0.256 e. The Kier molecular flexibility index (Phi) is 6.45. The van der Waals surface area contributed by atoms with Gasteiger partial charge in [-0.25, -0.2) is 4.39 Å². The molecule has 0 fully saturated rings. The molecule has 0 heterocycles. The third-order valence-corrected chi connectivity index (χ3v) is 3.35. The van der Waals surface area contributed by atoms with Crippen molar-refractivity contribution < 1.29 is 9.18 Å². The summed E-state index contributed by atoms with van der Waals surface area (Å²) in [4.78, 5) is 16.0. The number of carbonyl (C=O) groups is 1.